The monoisotopic (exact) mass is 405 g/mol. The third-order valence-electron chi connectivity index (χ3n) is 3.78. The number of carbonyl (C=O) groups excluding carboxylic acids is 1. The number of aromatic nitrogens is 1. The Hall–Kier alpha value is -2.74. The predicted octanol–water partition coefficient (Wildman–Crippen LogP) is 3.22. The quantitative estimate of drug-likeness (QED) is 0.723. The topological polar surface area (TPSA) is 88.2 Å². The van der Waals surface area contributed by atoms with Crippen LogP contribution in [0.3, 0.4) is 0 Å². The predicted molar refractivity (Wildman–Crippen MR) is 109 cm³/mol. The number of nitrogens with zero attached hydrogens (tertiary/aromatic N) is 1. The van der Waals surface area contributed by atoms with Crippen LogP contribution in [0.5, 0.6) is 0 Å². The van der Waals surface area contributed by atoms with Crippen molar-refractivity contribution in [1.82, 2.24) is 10.3 Å². The van der Waals surface area contributed by atoms with Gasteiger partial charge in [-0.1, -0.05) is 32.9 Å². The van der Waals surface area contributed by atoms with Crippen molar-refractivity contribution in [1.29, 1.82) is 0 Å². The van der Waals surface area contributed by atoms with Crippen molar-refractivity contribution in [2.75, 3.05) is 11.0 Å². The molecule has 0 saturated carbocycles. The number of carbonyl (C=O) groups is 1. The zero-order chi connectivity index (χ0) is 20.9. The van der Waals surface area contributed by atoms with Gasteiger partial charge in [-0.25, -0.2) is 12.8 Å². The van der Waals surface area contributed by atoms with Crippen molar-refractivity contribution >= 4 is 27.7 Å². The molecular formula is C20H24FN3O3S. The molecule has 8 heteroatoms. The molecule has 0 aliphatic rings. The van der Waals surface area contributed by atoms with E-state index in [0.29, 0.717) is 5.56 Å². The van der Waals surface area contributed by atoms with Crippen LogP contribution in [0.1, 0.15) is 37.6 Å². The van der Waals surface area contributed by atoms with Gasteiger partial charge >= 0.3 is 0 Å². The van der Waals surface area contributed by atoms with Crippen molar-refractivity contribution in [2.24, 2.45) is 0 Å². The minimum atomic E-state index is -3.56. The smallest absolute Gasteiger partial charge is 0.244 e. The van der Waals surface area contributed by atoms with Crippen molar-refractivity contribution in [3.8, 4) is 0 Å². The number of anilines is 1. The number of rotatable bonds is 6. The largest absolute Gasteiger partial charge is 0.348 e. The van der Waals surface area contributed by atoms with Gasteiger partial charge in [-0.05, 0) is 35.4 Å². The Bertz CT molecular complexity index is 979. The summed E-state index contributed by atoms with van der Waals surface area (Å²) >= 11 is 0. The van der Waals surface area contributed by atoms with Crippen LogP contribution in [0.15, 0.2) is 42.6 Å². The maximum absolute atomic E-state index is 13.9. The van der Waals surface area contributed by atoms with Crippen molar-refractivity contribution < 1.29 is 17.6 Å². The van der Waals surface area contributed by atoms with E-state index >= 15 is 0 Å². The number of hydrogen-bond acceptors (Lipinski definition) is 4. The fourth-order valence-electron chi connectivity index (χ4n) is 2.32. The molecule has 1 aromatic heterocycles. The summed E-state index contributed by atoms with van der Waals surface area (Å²) in [6, 6.07) is 7.84. The molecule has 0 radical (unpaired) electrons. The number of nitrogens with one attached hydrogen (secondary N) is 2. The van der Waals surface area contributed by atoms with Crippen LogP contribution in [0, 0.1) is 5.82 Å². The van der Waals surface area contributed by atoms with Crippen molar-refractivity contribution in [2.45, 2.75) is 32.7 Å². The molecule has 0 aliphatic heterocycles. The molecule has 6 nitrogen and oxygen atoms in total. The molecule has 28 heavy (non-hydrogen) atoms. The Morgan fingerprint density at radius 3 is 2.46 bits per heavy atom. The van der Waals surface area contributed by atoms with Crippen LogP contribution in [0.25, 0.3) is 6.08 Å². The minimum Gasteiger partial charge on any atom is -0.348 e. The van der Waals surface area contributed by atoms with Crippen LogP contribution >= 0.6 is 0 Å². The second kappa shape index (κ2) is 8.52. The van der Waals surface area contributed by atoms with Gasteiger partial charge in [0, 0.05) is 29.9 Å². The maximum atomic E-state index is 13.9. The summed E-state index contributed by atoms with van der Waals surface area (Å²) in [6.45, 7) is 6.33. The van der Waals surface area contributed by atoms with E-state index < -0.39 is 15.8 Å². The second-order valence-corrected chi connectivity index (χ2v) is 9.21. The zero-order valence-corrected chi connectivity index (χ0v) is 17.1. The van der Waals surface area contributed by atoms with Crippen LogP contribution in [0.2, 0.25) is 0 Å². The van der Waals surface area contributed by atoms with Crippen LogP contribution in [-0.2, 0) is 26.8 Å². The number of pyridine rings is 1. The molecule has 150 valence electrons. The fraction of sp³-hybridized carbons (Fsp3) is 0.300. The second-order valence-electron chi connectivity index (χ2n) is 7.47. The van der Waals surface area contributed by atoms with Crippen molar-refractivity contribution in [3.05, 3.63) is 65.2 Å². The highest BCUT2D eigenvalue weighted by Crippen LogP contribution is 2.20. The van der Waals surface area contributed by atoms with E-state index in [1.54, 1.807) is 12.3 Å². The summed E-state index contributed by atoms with van der Waals surface area (Å²) in [7, 11) is -3.56. The summed E-state index contributed by atoms with van der Waals surface area (Å²) in [5, 5.41) is 2.65. The Balaban J connectivity index is 1.93. The van der Waals surface area contributed by atoms with E-state index in [0.717, 1.165) is 17.5 Å². The average Bonchev–Trinajstić information content (AvgIpc) is 2.59. The van der Waals surface area contributed by atoms with Crippen LogP contribution in [-0.4, -0.2) is 25.6 Å². The van der Waals surface area contributed by atoms with E-state index in [-0.39, 0.29) is 23.6 Å². The number of hydrogen-bond donors (Lipinski definition) is 2. The molecule has 1 heterocycles. The highest BCUT2D eigenvalue weighted by atomic mass is 32.2. The van der Waals surface area contributed by atoms with E-state index in [4.69, 9.17) is 0 Å². The van der Waals surface area contributed by atoms with Crippen molar-refractivity contribution in [3.63, 3.8) is 0 Å². The highest BCUT2D eigenvalue weighted by molar-refractivity contribution is 7.92. The van der Waals surface area contributed by atoms with Crippen LogP contribution in [0.4, 0.5) is 10.1 Å². The standard InChI is InChI=1S/C20H24FN3O3S/c1-20(2,3)18-9-6-14(12-22-18)7-10-19(25)23-13-15-5-8-17(16(21)11-15)24-28(4,26)27/h5-12,24H,13H2,1-4H3,(H,23,25)/b10-7+. The third-order valence-corrected chi connectivity index (χ3v) is 4.37. The Morgan fingerprint density at radius 2 is 1.93 bits per heavy atom. The van der Waals surface area contributed by atoms with E-state index in [2.05, 4.69) is 35.8 Å². The van der Waals surface area contributed by atoms with Crippen LogP contribution < -0.4 is 10.0 Å². The Morgan fingerprint density at radius 1 is 1.21 bits per heavy atom. The molecule has 2 rings (SSSR count). The van der Waals surface area contributed by atoms with Gasteiger partial charge in [0.15, 0.2) is 0 Å². The molecule has 0 spiro atoms. The maximum Gasteiger partial charge on any atom is 0.244 e. The Labute approximate surface area is 164 Å². The van der Waals surface area contributed by atoms with E-state index in [9.17, 15) is 17.6 Å². The first-order valence-corrected chi connectivity index (χ1v) is 10.5. The minimum absolute atomic E-state index is 0.0404. The lowest BCUT2D eigenvalue weighted by Gasteiger charge is -2.17. The van der Waals surface area contributed by atoms with Gasteiger partial charge in [-0.15, -0.1) is 0 Å². The molecule has 2 aromatic rings. The van der Waals surface area contributed by atoms with Gasteiger partial charge < -0.3 is 5.32 Å². The van der Waals surface area contributed by atoms with Gasteiger partial charge in [-0.2, -0.15) is 0 Å². The number of benzene rings is 1. The average molecular weight is 405 g/mol. The highest BCUT2D eigenvalue weighted by Gasteiger charge is 2.14. The lowest BCUT2D eigenvalue weighted by molar-refractivity contribution is -0.116. The summed E-state index contributed by atoms with van der Waals surface area (Å²) in [6.07, 6.45) is 5.67. The number of amides is 1. The molecule has 0 fully saturated rings. The molecule has 1 aromatic carbocycles. The van der Waals surface area contributed by atoms with E-state index in [1.165, 1.54) is 24.3 Å². The molecule has 0 unspecified atom stereocenters. The molecule has 2 N–H and O–H groups in total. The van der Waals surface area contributed by atoms with E-state index in [1.807, 2.05) is 12.1 Å². The Kier molecular flexibility index (Phi) is 6.56. The van der Waals surface area contributed by atoms with Gasteiger partial charge in [0.05, 0.1) is 11.9 Å². The molecule has 0 atom stereocenters. The van der Waals surface area contributed by atoms with Gasteiger partial charge in [0.25, 0.3) is 0 Å². The summed E-state index contributed by atoms with van der Waals surface area (Å²) in [5.41, 5.74) is 2.09. The van der Waals surface area contributed by atoms with Gasteiger partial charge in [0.1, 0.15) is 5.82 Å². The zero-order valence-electron chi connectivity index (χ0n) is 16.3. The molecule has 1 amide bonds. The lowest BCUT2D eigenvalue weighted by atomic mass is 9.91. The van der Waals surface area contributed by atoms with Gasteiger partial charge in [0.2, 0.25) is 15.9 Å². The first kappa shape index (κ1) is 21.6. The molecule has 0 aliphatic carbocycles. The number of halogens is 1. The molecule has 0 bridgehead atoms. The summed E-state index contributed by atoms with van der Waals surface area (Å²) in [5.74, 6) is -1.05. The summed E-state index contributed by atoms with van der Waals surface area (Å²) in [4.78, 5) is 16.3. The fourth-order valence-corrected chi connectivity index (χ4v) is 2.88. The first-order valence-electron chi connectivity index (χ1n) is 8.63. The molecule has 0 saturated heterocycles. The SMILES string of the molecule is CC(C)(C)c1ccc(/C=C/C(=O)NCc2ccc(NS(C)(=O)=O)c(F)c2)cn1. The summed E-state index contributed by atoms with van der Waals surface area (Å²) < 4.78 is 38.3. The third kappa shape index (κ3) is 6.77. The lowest BCUT2D eigenvalue weighted by Crippen LogP contribution is -2.20. The molecular weight excluding hydrogens is 381 g/mol. The number of sulfonamides is 1. The normalized spacial score (nSPS) is 12.2. The van der Waals surface area contributed by atoms with Gasteiger partial charge in [-0.3, -0.25) is 14.5 Å². The first-order chi connectivity index (χ1) is 12.9.